The molecule has 0 unspecified atom stereocenters. The Hall–Kier alpha value is -4.39. The molecule has 32 heavy (non-hydrogen) atoms. The third-order valence-corrected chi connectivity index (χ3v) is 4.70. The van der Waals surface area contributed by atoms with Gasteiger partial charge < -0.3 is 9.47 Å². The molecule has 0 aromatic heterocycles. The van der Waals surface area contributed by atoms with Crippen molar-refractivity contribution < 1.29 is 23.9 Å². The molecule has 7 heteroatoms. The van der Waals surface area contributed by atoms with Crippen molar-refractivity contribution in [2.75, 3.05) is 11.6 Å². The molecule has 1 aliphatic rings. The molecule has 7 nitrogen and oxygen atoms in total. The van der Waals surface area contributed by atoms with E-state index < -0.39 is 17.8 Å². The van der Waals surface area contributed by atoms with E-state index in [9.17, 15) is 14.4 Å². The third kappa shape index (κ3) is 4.37. The summed E-state index contributed by atoms with van der Waals surface area (Å²) < 4.78 is 11.1. The first-order valence-electron chi connectivity index (χ1n) is 10.0. The molecule has 1 N–H and O–H groups in total. The summed E-state index contributed by atoms with van der Waals surface area (Å²) in [6.07, 6.45) is 1.48. The number of esters is 1. The molecule has 160 valence electrons. The van der Waals surface area contributed by atoms with Gasteiger partial charge in [-0.2, -0.15) is 0 Å². The van der Waals surface area contributed by atoms with Crippen molar-refractivity contribution in [3.63, 3.8) is 0 Å². The van der Waals surface area contributed by atoms with Crippen LogP contribution >= 0.6 is 0 Å². The Kier molecular flexibility index (Phi) is 5.98. The number of rotatable bonds is 6. The first-order chi connectivity index (χ1) is 15.6. The fraction of sp³-hybridized carbons (Fsp3) is 0.0800. The van der Waals surface area contributed by atoms with Crippen molar-refractivity contribution in [2.45, 2.75) is 6.92 Å². The molecule has 2 amide bonds. The SMILES string of the molecule is CCOc1cc(/C=C2/C(=O)NN(c3ccccc3)C2=O)ccc1OC(=O)c1ccccc1. The van der Waals surface area contributed by atoms with Crippen LogP contribution in [0.2, 0.25) is 0 Å². The number of carbonyl (C=O) groups excluding carboxylic acids is 3. The molecular formula is C25H20N2O5. The predicted octanol–water partition coefficient (Wildman–Crippen LogP) is 3.77. The van der Waals surface area contributed by atoms with Crippen LogP contribution < -0.4 is 19.9 Å². The van der Waals surface area contributed by atoms with Gasteiger partial charge in [0.25, 0.3) is 11.8 Å². The number of nitrogens with one attached hydrogen (secondary N) is 1. The fourth-order valence-corrected chi connectivity index (χ4v) is 3.18. The number of hydrazine groups is 1. The average molecular weight is 428 g/mol. The maximum Gasteiger partial charge on any atom is 0.343 e. The maximum absolute atomic E-state index is 12.8. The summed E-state index contributed by atoms with van der Waals surface area (Å²) in [6, 6.07) is 22.3. The second-order valence-corrected chi connectivity index (χ2v) is 6.87. The second kappa shape index (κ2) is 9.18. The Morgan fingerprint density at radius 2 is 1.62 bits per heavy atom. The van der Waals surface area contributed by atoms with Crippen molar-refractivity contribution in [1.29, 1.82) is 0 Å². The molecule has 1 heterocycles. The third-order valence-electron chi connectivity index (χ3n) is 4.70. The number of hydrogen-bond donors (Lipinski definition) is 1. The Morgan fingerprint density at radius 3 is 2.31 bits per heavy atom. The molecule has 0 spiro atoms. The van der Waals surface area contributed by atoms with E-state index in [-0.39, 0.29) is 11.3 Å². The van der Waals surface area contributed by atoms with E-state index in [0.717, 1.165) is 0 Å². The molecule has 0 aliphatic carbocycles. The van der Waals surface area contributed by atoms with Gasteiger partial charge in [0.1, 0.15) is 5.57 Å². The minimum absolute atomic E-state index is 0.00895. The molecule has 0 bridgehead atoms. The largest absolute Gasteiger partial charge is 0.490 e. The lowest BCUT2D eigenvalue weighted by atomic mass is 10.1. The molecule has 3 aromatic carbocycles. The number of amides is 2. The molecule has 0 radical (unpaired) electrons. The lowest BCUT2D eigenvalue weighted by Gasteiger charge is -2.14. The molecular weight excluding hydrogens is 408 g/mol. The van der Waals surface area contributed by atoms with Crippen LogP contribution in [0.3, 0.4) is 0 Å². The number of ether oxygens (including phenoxy) is 2. The lowest BCUT2D eigenvalue weighted by molar-refractivity contribution is -0.117. The zero-order valence-corrected chi connectivity index (χ0v) is 17.3. The summed E-state index contributed by atoms with van der Waals surface area (Å²) in [5.74, 6) is -0.899. The number of carbonyl (C=O) groups is 3. The second-order valence-electron chi connectivity index (χ2n) is 6.87. The molecule has 3 aromatic rings. The van der Waals surface area contributed by atoms with Crippen molar-refractivity contribution in [2.24, 2.45) is 0 Å². The minimum Gasteiger partial charge on any atom is -0.490 e. The van der Waals surface area contributed by atoms with Crippen molar-refractivity contribution >= 4 is 29.5 Å². The Morgan fingerprint density at radius 1 is 0.938 bits per heavy atom. The molecule has 1 aliphatic heterocycles. The van der Waals surface area contributed by atoms with Gasteiger partial charge in [-0.3, -0.25) is 15.0 Å². The highest BCUT2D eigenvalue weighted by Crippen LogP contribution is 2.31. The maximum atomic E-state index is 12.8. The van der Waals surface area contributed by atoms with Crippen molar-refractivity contribution in [1.82, 2.24) is 5.43 Å². The monoisotopic (exact) mass is 428 g/mol. The van der Waals surface area contributed by atoms with Crippen molar-refractivity contribution in [3.8, 4) is 11.5 Å². The zero-order valence-electron chi connectivity index (χ0n) is 17.3. The van der Waals surface area contributed by atoms with Gasteiger partial charge in [-0.1, -0.05) is 42.5 Å². The highest BCUT2D eigenvalue weighted by Gasteiger charge is 2.34. The molecule has 4 rings (SSSR count). The first kappa shape index (κ1) is 20.9. The predicted molar refractivity (Wildman–Crippen MR) is 119 cm³/mol. The fourth-order valence-electron chi connectivity index (χ4n) is 3.18. The highest BCUT2D eigenvalue weighted by atomic mass is 16.6. The average Bonchev–Trinajstić information content (AvgIpc) is 3.10. The van der Waals surface area contributed by atoms with E-state index in [1.165, 1.54) is 11.1 Å². The van der Waals surface area contributed by atoms with Gasteiger partial charge in [0.15, 0.2) is 11.5 Å². The highest BCUT2D eigenvalue weighted by molar-refractivity contribution is 6.31. The molecule has 0 atom stereocenters. The van der Waals surface area contributed by atoms with Gasteiger partial charge in [-0.15, -0.1) is 0 Å². The standard InChI is InChI=1S/C25H20N2O5/c1-2-31-22-16-17(13-14-21(22)32-25(30)18-9-5-3-6-10-18)15-20-23(28)26-27(24(20)29)19-11-7-4-8-12-19/h3-16H,2H2,1H3,(H,26,28)/b20-15-. The van der Waals surface area contributed by atoms with Gasteiger partial charge in [0.2, 0.25) is 0 Å². The number of benzene rings is 3. The van der Waals surface area contributed by atoms with Gasteiger partial charge in [-0.25, -0.2) is 9.80 Å². The summed E-state index contributed by atoms with van der Waals surface area (Å²) in [7, 11) is 0. The van der Waals surface area contributed by atoms with Crippen LogP contribution in [0.1, 0.15) is 22.8 Å². The zero-order chi connectivity index (χ0) is 22.5. The van der Waals surface area contributed by atoms with E-state index >= 15 is 0 Å². The van der Waals surface area contributed by atoms with Gasteiger partial charge in [0, 0.05) is 0 Å². The van der Waals surface area contributed by atoms with E-state index in [0.29, 0.717) is 29.2 Å². The summed E-state index contributed by atoms with van der Waals surface area (Å²) in [5, 5.41) is 1.20. The summed E-state index contributed by atoms with van der Waals surface area (Å²) in [6.45, 7) is 2.15. The summed E-state index contributed by atoms with van der Waals surface area (Å²) >= 11 is 0. The molecule has 0 saturated carbocycles. The van der Waals surface area contributed by atoms with Crippen LogP contribution in [0.4, 0.5) is 5.69 Å². The van der Waals surface area contributed by atoms with Crippen LogP contribution in [0.5, 0.6) is 11.5 Å². The topological polar surface area (TPSA) is 84.9 Å². The van der Waals surface area contributed by atoms with E-state index in [1.54, 1.807) is 73.7 Å². The summed E-state index contributed by atoms with van der Waals surface area (Å²) in [4.78, 5) is 37.6. The smallest absolute Gasteiger partial charge is 0.343 e. The van der Waals surface area contributed by atoms with E-state index in [2.05, 4.69) is 5.43 Å². The van der Waals surface area contributed by atoms with Crippen LogP contribution in [0.15, 0.2) is 84.4 Å². The minimum atomic E-state index is -0.512. The summed E-state index contributed by atoms with van der Waals surface area (Å²) in [5.41, 5.74) is 4.08. The van der Waals surface area contributed by atoms with E-state index in [4.69, 9.17) is 9.47 Å². The normalized spacial score (nSPS) is 14.4. The van der Waals surface area contributed by atoms with Crippen molar-refractivity contribution in [3.05, 3.63) is 95.6 Å². The Bertz CT molecular complexity index is 1190. The van der Waals surface area contributed by atoms with Crippen LogP contribution in [-0.2, 0) is 9.59 Å². The Labute approximate surface area is 184 Å². The molecule has 1 saturated heterocycles. The number of anilines is 1. The van der Waals surface area contributed by atoms with Gasteiger partial charge in [0.05, 0.1) is 17.9 Å². The Balaban J connectivity index is 1.59. The van der Waals surface area contributed by atoms with Gasteiger partial charge >= 0.3 is 5.97 Å². The quantitative estimate of drug-likeness (QED) is 0.280. The number of hydrogen-bond acceptors (Lipinski definition) is 5. The number of para-hydroxylation sites is 1. The van der Waals surface area contributed by atoms with Crippen LogP contribution in [-0.4, -0.2) is 24.4 Å². The number of nitrogens with zero attached hydrogens (tertiary/aromatic N) is 1. The van der Waals surface area contributed by atoms with Crippen LogP contribution in [0, 0.1) is 0 Å². The van der Waals surface area contributed by atoms with Gasteiger partial charge in [-0.05, 0) is 55.0 Å². The first-order valence-corrected chi connectivity index (χ1v) is 10.0. The molecule has 1 fully saturated rings. The lowest BCUT2D eigenvalue weighted by Crippen LogP contribution is -2.35. The van der Waals surface area contributed by atoms with Crippen LogP contribution in [0.25, 0.3) is 6.08 Å². The van der Waals surface area contributed by atoms with E-state index in [1.807, 2.05) is 12.1 Å².